The Kier molecular flexibility index (Phi) is 4.69. The van der Waals surface area contributed by atoms with E-state index in [0.29, 0.717) is 31.0 Å². The van der Waals surface area contributed by atoms with Gasteiger partial charge in [0.1, 0.15) is 0 Å². The van der Waals surface area contributed by atoms with Crippen molar-refractivity contribution in [3.8, 4) is 5.75 Å². The molecule has 0 bridgehead atoms. The minimum Gasteiger partial charge on any atom is -0.490 e. The van der Waals surface area contributed by atoms with E-state index in [2.05, 4.69) is 20.7 Å². The molecule has 0 spiro atoms. The van der Waals surface area contributed by atoms with E-state index in [4.69, 9.17) is 4.74 Å². The number of nitrogens with zero attached hydrogens (tertiary/aromatic N) is 3. The first-order valence-electron chi connectivity index (χ1n) is 8.60. The molecule has 1 aliphatic rings. The van der Waals surface area contributed by atoms with Crippen molar-refractivity contribution in [2.75, 3.05) is 11.9 Å². The maximum Gasteiger partial charge on any atom is 0.320 e. The predicted molar refractivity (Wildman–Crippen MR) is 97.0 cm³/mol. The number of anilines is 1. The largest absolute Gasteiger partial charge is 0.490 e. The highest BCUT2D eigenvalue weighted by atomic mass is 19.1. The van der Waals surface area contributed by atoms with Crippen molar-refractivity contribution in [3.63, 3.8) is 0 Å². The Morgan fingerprint density at radius 3 is 2.96 bits per heavy atom. The lowest BCUT2D eigenvalue weighted by Gasteiger charge is -2.26. The van der Waals surface area contributed by atoms with E-state index in [1.165, 1.54) is 6.07 Å². The quantitative estimate of drug-likeness (QED) is 0.742. The van der Waals surface area contributed by atoms with Crippen molar-refractivity contribution < 1.29 is 13.9 Å². The van der Waals surface area contributed by atoms with Gasteiger partial charge in [0.05, 0.1) is 19.2 Å². The molecule has 3 heterocycles. The van der Waals surface area contributed by atoms with Crippen molar-refractivity contribution in [3.05, 3.63) is 71.9 Å². The molecule has 4 rings (SSSR count). The average Bonchev–Trinajstić information content (AvgIpc) is 3.10. The fourth-order valence-corrected chi connectivity index (χ4v) is 3.04. The van der Waals surface area contributed by atoms with Crippen molar-refractivity contribution in [2.24, 2.45) is 0 Å². The lowest BCUT2D eigenvalue weighted by molar-refractivity contribution is 0.227. The van der Waals surface area contributed by atoms with Crippen LogP contribution >= 0.6 is 0 Å². The van der Waals surface area contributed by atoms with Crippen LogP contribution in [-0.2, 0) is 6.54 Å². The molecule has 138 valence electrons. The standard InChI is InChI=1S/C19H18FN5O2/c20-15-3-1-2-14-16(7-11-27-18(14)15)22-19(26)23-17-6-10-25(24-17)12-13-4-8-21-9-5-13/h1-6,8-10,16H,7,11-12H2,(H2,22,23,24,26). The van der Waals surface area contributed by atoms with Crippen LogP contribution in [0.4, 0.5) is 15.0 Å². The van der Waals surface area contributed by atoms with Gasteiger partial charge in [-0.25, -0.2) is 9.18 Å². The van der Waals surface area contributed by atoms with Crippen LogP contribution in [0, 0.1) is 5.82 Å². The Bertz CT molecular complexity index is 944. The van der Waals surface area contributed by atoms with E-state index in [0.717, 1.165) is 5.56 Å². The highest BCUT2D eigenvalue weighted by Crippen LogP contribution is 2.33. The third-order valence-electron chi connectivity index (χ3n) is 4.31. The number of carbonyl (C=O) groups is 1. The van der Waals surface area contributed by atoms with Gasteiger partial charge >= 0.3 is 6.03 Å². The highest BCUT2D eigenvalue weighted by Gasteiger charge is 2.25. The summed E-state index contributed by atoms with van der Waals surface area (Å²) in [6.45, 7) is 0.928. The number of hydrogen-bond acceptors (Lipinski definition) is 4. The number of ether oxygens (including phenoxy) is 1. The lowest BCUT2D eigenvalue weighted by Crippen LogP contribution is -2.35. The molecule has 3 aromatic rings. The van der Waals surface area contributed by atoms with E-state index in [1.807, 2.05) is 12.1 Å². The minimum absolute atomic E-state index is 0.204. The summed E-state index contributed by atoms with van der Waals surface area (Å²) in [5, 5.41) is 9.90. The summed E-state index contributed by atoms with van der Waals surface area (Å²) in [5.74, 6) is 0.220. The molecule has 7 nitrogen and oxygen atoms in total. The van der Waals surface area contributed by atoms with Crippen LogP contribution in [0.5, 0.6) is 5.75 Å². The number of pyridine rings is 1. The normalized spacial score (nSPS) is 15.5. The SMILES string of the molecule is O=C(Nc1ccn(Cc2ccncc2)n1)NC1CCOc2c(F)cccc21. The summed E-state index contributed by atoms with van der Waals surface area (Å²) in [6.07, 6.45) is 5.80. The van der Waals surface area contributed by atoms with E-state index >= 15 is 0 Å². The zero-order valence-electron chi connectivity index (χ0n) is 14.4. The van der Waals surface area contributed by atoms with Gasteiger partial charge in [0, 0.05) is 36.6 Å². The van der Waals surface area contributed by atoms with Crippen LogP contribution in [0.1, 0.15) is 23.6 Å². The van der Waals surface area contributed by atoms with Gasteiger partial charge in [-0.15, -0.1) is 0 Å². The number of hydrogen-bond donors (Lipinski definition) is 2. The molecule has 8 heteroatoms. The number of para-hydroxylation sites is 1. The summed E-state index contributed by atoms with van der Waals surface area (Å²) in [4.78, 5) is 16.3. The first-order chi connectivity index (χ1) is 13.2. The molecule has 2 aromatic heterocycles. The zero-order valence-corrected chi connectivity index (χ0v) is 14.4. The van der Waals surface area contributed by atoms with Crippen molar-refractivity contribution in [1.82, 2.24) is 20.1 Å². The molecule has 1 aromatic carbocycles. The summed E-state index contributed by atoms with van der Waals surface area (Å²) >= 11 is 0. The molecular formula is C19H18FN5O2. The Labute approximate surface area is 155 Å². The topological polar surface area (TPSA) is 81.1 Å². The third kappa shape index (κ3) is 3.89. The van der Waals surface area contributed by atoms with Gasteiger partial charge in [0.2, 0.25) is 0 Å². The number of aromatic nitrogens is 3. The number of nitrogens with one attached hydrogen (secondary N) is 2. The first kappa shape index (κ1) is 17.0. The van der Waals surface area contributed by atoms with E-state index in [1.54, 1.807) is 41.5 Å². The molecule has 2 N–H and O–H groups in total. The second kappa shape index (κ2) is 7.45. The molecule has 0 saturated carbocycles. The molecular weight excluding hydrogens is 349 g/mol. The smallest absolute Gasteiger partial charge is 0.320 e. The minimum atomic E-state index is -0.422. The average molecular weight is 367 g/mol. The maximum atomic E-state index is 13.8. The number of carbonyl (C=O) groups excluding carboxylic acids is 1. The highest BCUT2D eigenvalue weighted by molar-refractivity contribution is 5.88. The zero-order chi connectivity index (χ0) is 18.6. The maximum absolute atomic E-state index is 13.8. The van der Waals surface area contributed by atoms with Crippen LogP contribution in [0.2, 0.25) is 0 Å². The van der Waals surface area contributed by atoms with Gasteiger partial charge < -0.3 is 10.1 Å². The molecule has 27 heavy (non-hydrogen) atoms. The van der Waals surface area contributed by atoms with Gasteiger partial charge in [0.15, 0.2) is 17.4 Å². The fourth-order valence-electron chi connectivity index (χ4n) is 3.04. The molecule has 2 amide bonds. The Balaban J connectivity index is 1.39. The number of amides is 2. The Hall–Kier alpha value is -3.42. The third-order valence-corrected chi connectivity index (χ3v) is 4.31. The van der Waals surface area contributed by atoms with Gasteiger partial charge in [-0.3, -0.25) is 15.0 Å². The van der Waals surface area contributed by atoms with E-state index in [9.17, 15) is 9.18 Å². The molecule has 1 unspecified atom stereocenters. The van der Waals surface area contributed by atoms with Crippen molar-refractivity contribution in [2.45, 2.75) is 19.0 Å². The molecule has 0 aliphatic carbocycles. The summed E-state index contributed by atoms with van der Waals surface area (Å²) in [5.41, 5.74) is 1.70. The Morgan fingerprint density at radius 1 is 1.26 bits per heavy atom. The van der Waals surface area contributed by atoms with Crippen LogP contribution in [0.25, 0.3) is 0 Å². The van der Waals surface area contributed by atoms with Crippen LogP contribution in [-0.4, -0.2) is 27.4 Å². The number of rotatable bonds is 4. The van der Waals surface area contributed by atoms with Gasteiger partial charge in [-0.05, 0) is 23.8 Å². The second-order valence-electron chi connectivity index (χ2n) is 6.20. The van der Waals surface area contributed by atoms with E-state index < -0.39 is 11.8 Å². The molecule has 0 fully saturated rings. The number of fused-ring (bicyclic) bond motifs is 1. The monoisotopic (exact) mass is 367 g/mol. The van der Waals surface area contributed by atoms with Gasteiger partial charge in [-0.2, -0.15) is 5.10 Å². The van der Waals surface area contributed by atoms with Crippen LogP contribution in [0.15, 0.2) is 55.0 Å². The summed E-state index contributed by atoms with van der Waals surface area (Å²) in [6, 6.07) is 9.53. The molecule has 1 aliphatic heterocycles. The Morgan fingerprint density at radius 2 is 2.11 bits per heavy atom. The van der Waals surface area contributed by atoms with Crippen LogP contribution in [0.3, 0.4) is 0 Å². The van der Waals surface area contributed by atoms with Gasteiger partial charge in [-0.1, -0.05) is 12.1 Å². The summed E-state index contributed by atoms with van der Waals surface area (Å²) < 4.78 is 20.9. The van der Waals surface area contributed by atoms with Crippen LogP contribution < -0.4 is 15.4 Å². The number of benzene rings is 1. The number of urea groups is 1. The molecule has 1 atom stereocenters. The van der Waals surface area contributed by atoms with Crippen molar-refractivity contribution in [1.29, 1.82) is 0 Å². The predicted octanol–water partition coefficient (Wildman–Crippen LogP) is 3.11. The molecule has 0 saturated heterocycles. The van der Waals surface area contributed by atoms with Crippen molar-refractivity contribution >= 4 is 11.8 Å². The lowest BCUT2D eigenvalue weighted by atomic mass is 10.0. The first-order valence-corrected chi connectivity index (χ1v) is 8.60. The second-order valence-corrected chi connectivity index (χ2v) is 6.20. The number of halogens is 1. The molecule has 0 radical (unpaired) electrons. The van der Waals surface area contributed by atoms with Gasteiger partial charge in [0.25, 0.3) is 0 Å². The summed E-state index contributed by atoms with van der Waals surface area (Å²) in [7, 11) is 0. The van der Waals surface area contributed by atoms with E-state index in [-0.39, 0.29) is 11.8 Å². The fraction of sp³-hybridized carbons (Fsp3) is 0.211.